The molecule has 0 radical (unpaired) electrons. The predicted octanol–water partition coefficient (Wildman–Crippen LogP) is 4.79. The molecule has 1 aromatic carbocycles. The summed E-state index contributed by atoms with van der Waals surface area (Å²) in [7, 11) is 0. The van der Waals surface area contributed by atoms with Crippen molar-refractivity contribution in [1.82, 2.24) is 0 Å². The average Bonchev–Trinajstić information content (AvgIpc) is 2.48. The average molecular weight is 309 g/mol. The molecule has 0 aliphatic heterocycles. The van der Waals surface area contributed by atoms with Crippen molar-refractivity contribution in [1.29, 1.82) is 0 Å². The van der Waals surface area contributed by atoms with E-state index < -0.39 is 5.97 Å². The molecule has 1 aromatic rings. The van der Waals surface area contributed by atoms with E-state index in [1.807, 2.05) is 12.1 Å². The van der Waals surface area contributed by atoms with Gasteiger partial charge in [0.2, 0.25) is 0 Å². The van der Waals surface area contributed by atoms with Crippen LogP contribution in [-0.2, 0) is 4.79 Å². The number of carboxylic acid groups (broad SMARTS) is 1. The Hall–Kier alpha value is -1.48. The van der Waals surface area contributed by atoms with Crippen molar-refractivity contribution in [2.45, 2.75) is 45.1 Å². The van der Waals surface area contributed by atoms with Crippen LogP contribution in [-0.4, -0.2) is 17.2 Å². The molecule has 2 rings (SSSR count). The number of carbonyl (C=O) groups is 1. The van der Waals surface area contributed by atoms with Gasteiger partial charge in [0.25, 0.3) is 0 Å². The van der Waals surface area contributed by atoms with E-state index in [4.69, 9.17) is 21.4 Å². The highest BCUT2D eigenvalue weighted by Gasteiger charge is 2.21. The van der Waals surface area contributed by atoms with E-state index in [1.165, 1.54) is 25.3 Å². The molecule has 0 spiro atoms. The van der Waals surface area contributed by atoms with E-state index in [0.717, 1.165) is 30.4 Å². The van der Waals surface area contributed by atoms with Gasteiger partial charge in [0, 0.05) is 6.08 Å². The molecule has 4 heteroatoms. The zero-order valence-corrected chi connectivity index (χ0v) is 13.0. The lowest BCUT2D eigenvalue weighted by Gasteiger charge is -2.28. The van der Waals surface area contributed by atoms with E-state index >= 15 is 0 Å². The molecular formula is C17H21ClO3. The van der Waals surface area contributed by atoms with Gasteiger partial charge >= 0.3 is 5.97 Å². The first-order chi connectivity index (χ1) is 10.1. The summed E-state index contributed by atoms with van der Waals surface area (Å²) in [6.45, 7) is 2.24. The van der Waals surface area contributed by atoms with Crippen LogP contribution in [0.4, 0.5) is 0 Å². The first kappa shape index (κ1) is 15.9. The van der Waals surface area contributed by atoms with E-state index in [2.05, 4.69) is 6.92 Å². The van der Waals surface area contributed by atoms with Crippen molar-refractivity contribution >= 4 is 23.6 Å². The number of hydrogen-bond acceptors (Lipinski definition) is 2. The lowest BCUT2D eigenvalue weighted by molar-refractivity contribution is -0.131. The van der Waals surface area contributed by atoms with E-state index in [0.29, 0.717) is 10.8 Å². The molecule has 1 fully saturated rings. The summed E-state index contributed by atoms with van der Waals surface area (Å²) in [5, 5.41) is 9.14. The molecule has 1 aliphatic carbocycles. The Bertz CT molecular complexity index is 517. The fourth-order valence-electron chi connectivity index (χ4n) is 2.72. The second kappa shape index (κ2) is 7.51. The lowest BCUT2D eigenvalue weighted by Crippen LogP contribution is -2.23. The number of ether oxygens (including phenoxy) is 1. The molecule has 0 heterocycles. The summed E-state index contributed by atoms with van der Waals surface area (Å²) in [4.78, 5) is 10.5. The van der Waals surface area contributed by atoms with E-state index in [-0.39, 0.29) is 6.10 Å². The van der Waals surface area contributed by atoms with Crippen molar-refractivity contribution < 1.29 is 14.6 Å². The normalized spacial score (nSPS) is 22.4. The minimum Gasteiger partial charge on any atom is -0.489 e. The number of halogens is 1. The van der Waals surface area contributed by atoms with Crippen molar-refractivity contribution in [3.05, 3.63) is 34.9 Å². The van der Waals surface area contributed by atoms with Gasteiger partial charge in [-0.15, -0.1) is 0 Å². The van der Waals surface area contributed by atoms with Gasteiger partial charge in [-0.1, -0.05) is 31.0 Å². The summed E-state index contributed by atoms with van der Waals surface area (Å²) in [6, 6.07) is 5.36. The number of carboxylic acids is 1. The fourth-order valence-corrected chi connectivity index (χ4v) is 2.95. The molecule has 0 unspecified atom stereocenters. The highest BCUT2D eigenvalue weighted by atomic mass is 35.5. The quantitative estimate of drug-likeness (QED) is 0.796. The van der Waals surface area contributed by atoms with E-state index in [1.54, 1.807) is 6.07 Å². The molecule has 114 valence electrons. The van der Waals surface area contributed by atoms with Gasteiger partial charge < -0.3 is 9.84 Å². The van der Waals surface area contributed by atoms with Crippen LogP contribution in [0.25, 0.3) is 6.08 Å². The van der Waals surface area contributed by atoms with Gasteiger partial charge in [-0.25, -0.2) is 4.79 Å². The molecule has 0 amide bonds. The third kappa shape index (κ3) is 4.78. The van der Waals surface area contributed by atoms with Crippen LogP contribution >= 0.6 is 11.6 Å². The molecule has 0 bridgehead atoms. The van der Waals surface area contributed by atoms with Crippen LogP contribution in [0.5, 0.6) is 5.75 Å². The second-order valence-electron chi connectivity index (χ2n) is 5.53. The standard InChI is InChI=1S/C17H21ClO3/c1-2-12-3-7-14(8-4-12)21-16-9-5-13(11-15(16)18)6-10-17(19)20/h5-6,9-12,14H,2-4,7-8H2,1H3,(H,19,20). The van der Waals surface area contributed by atoms with Crippen LogP contribution in [0, 0.1) is 5.92 Å². The number of rotatable bonds is 5. The van der Waals surface area contributed by atoms with E-state index in [9.17, 15) is 4.79 Å². The highest BCUT2D eigenvalue weighted by Crippen LogP contribution is 2.32. The third-order valence-corrected chi connectivity index (χ3v) is 4.33. The Morgan fingerprint density at radius 1 is 1.38 bits per heavy atom. The predicted molar refractivity (Wildman–Crippen MR) is 84.8 cm³/mol. The third-order valence-electron chi connectivity index (χ3n) is 4.04. The number of hydrogen-bond donors (Lipinski definition) is 1. The Morgan fingerprint density at radius 2 is 2.10 bits per heavy atom. The minimum atomic E-state index is -0.973. The van der Waals surface area contributed by atoms with Crippen LogP contribution in [0.3, 0.4) is 0 Å². The van der Waals surface area contributed by atoms with Crippen LogP contribution in [0.1, 0.15) is 44.6 Å². The fraction of sp³-hybridized carbons (Fsp3) is 0.471. The van der Waals surface area contributed by atoms with Gasteiger partial charge in [0.05, 0.1) is 11.1 Å². The molecule has 21 heavy (non-hydrogen) atoms. The van der Waals surface area contributed by atoms with Gasteiger partial charge in [-0.3, -0.25) is 0 Å². The molecule has 1 aliphatic rings. The smallest absolute Gasteiger partial charge is 0.328 e. The summed E-state index contributed by atoms with van der Waals surface area (Å²) in [5.74, 6) is 0.548. The van der Waals surface area contributed by atoms with Gasteiger partial charge in [0.1, 0.15) is 5.75 Å². The van der Waals surface area contributed by atoms with Crippen molar-refractivity contribution in [3.8, 4) is 5.75 Å². The zero-order valence-electron chi connectivity index (χ0n) is 12.2. The highest BCUT2D eigenvalue weighted by molar-refractivity contribution is 6.32. The van der Waals surface area contributed by atoms with Gasteiger partial charge in [-0.2, -0.15) is 0 Å². The largest absolute Gasteiger partial charge is 0.489 e. The lowest BCUT2D eigenvalue weighted by atomic mass is 9.86. The molecule has 0 aromatic heterocycles. The van der Waals surface area contributed by atoms with Gasteiger partial charge in [0.15, 0.2) is 0 Å². The van der Waals surface area contributed by atoms with Crippen molar-refractivity contribution in [3.63, 3.8) is 0 Å². The van der Waals surface area contributed by atoms with Crippen molar-refractivity contribution in [2.75, 3.05) is 0 Å². The molecular weight excluding hydrogens is 288 g/mol. The topological polar surface area (TPSA) is 46.5 Å². The first-order valence-corrected chi connectivity index (χ1v) is 7.83. The maximum Gasteiger partial charge on any atom is 0.328 e. The first-order valence-electron chi connectivity index (χ1n) is 7.45. The Labute approximate surface area is 130 Å². The van der Waals surface area contributed by atoms with Crippen molar-refractivity contribution in [2.24, 2.45) is 5.92 Å². The minimum absolute atomic E-state index is 0.241. The zero-order chi connectivity index (χ0) is 15.2. The maximum absolute atomic E-state index is 10.5. The molecule has 0 saturated heterocycles. The molecule has 1 N–H and O–H groups in total. The monoisotopic (exact) mass is 308 g/mol. The second-order valence-corrected chi connectivity index (χ2v) is 5.94. The summed E-state index contributed by atoms with van der Waals surface area (Å²) >= 11 is 6.21. The summed E-state index contributed by atoms with van der Waals surface area (Å²) < 4.78 is 5.99. The van der Waals surface area contributed by atoms with Crippen LogP contribution in [0.2, 0.25) is 5.02 Å². The van der Waals surface area contributed by atoms with Crippen LogP contribution < -0.4 is 4.74 Å². The molecule has 0 atom stereocenters. The SMILES string of the molecule is CCC1CCC(Oc2ccc(C=CC(=O)O)cc2Cl)CC1. The maximum atomic E-state index is 10.5. The van der Waals surface area contributed by atoms with Gasteiger partial charge in [-0.05, 0) is 55.4 Å². The number of benzene rings is 1. The Morgan fingerprint density at radius 3 is 2.67 bits per heavy atom. The summed E-state index contributed by atoms with van der Waals surface area (Å²) in [5.41, 5.74) is 0.754. The molecule has 3 nitrogen and oxygen atoms in total. The summed E-state index contributed by atoms with van der Waals surface area (Å²) in [6.07, 6.45) is 8.70. The number of aliphatic carboxylic acids is 1. The Kier molecular flexibility index (Phi) is 5.68. The Balaban J connectivity index is 1.97. The van der Waals surface area contributed by atoms with Crippen LogP contribution in [0.15, 0.2) is 24.3 Å². The molecule has 1 saturated carbocycles.